The van der Waals surface area contributed by atoms with Crippen molar-refractivity contribution in [2.24, 2.45) is 0 Å². The van der Waals surface area contributed by atoms with E-state index in [-0.39, 0.29) is 0 Å². The minimum atomic E-state index is 0.665. The molecule has 1 aliphatic carbocycles. The third kappa shape index (κ3) is 3.58. The molecular weight excluding hydrogens is 236 g/mol. The third-order valence-corrected chi connectivity index (χ3v) is 3.78. The van der Waals surface area contributed by atoms with E-state index in [0.29, 0.717) is 6.04 Å². The van der Waals surface area contributed by atoms with Gasteiger partial charge in [-0.3, -0.25) is 0 Å². The van der Waals surface area contributed by atoms with Crippen LogP contribution in [-0.4, -0.2) is 29.1 Å². The van der Waals surface area contributed by atoms with E-state index in [0.717, 1.165) is 37.0 Å². The first kappa shape index (κ1) is 14.1. The van der Waals surface area contributed by atoms with Gasteiger partial charge in [-0.2, -0.15) is 0 Å². The van der Waals surface area contributed by atoms with Crippen molar-refractivity contribution < 1.29 is 0 Å². The van der Waals surface area contributed by atoms with Crippen molar-refractivity contribution in [3.63, 3.8) is 0 Å². The molecule has 1 fully saturated rings. The van der Waals surface area contributed by atoms with Crippen LogP contribution in [0.25, 0.3) is 0 Å². The SMILES string of the molecule is CCCNc1cc(N(CC)C2CCCC2)nc(C)n1. The summed E-state index contributed by atoms with van der Waals surface area (Å²) >= 11 is 0. The van der Waals surface area contributed by atoms with Crippen molar-refractivity contribution in [2.75, 3.05) is 23.3 Å². The predicted octanol–water partition coefficient (Wildman–Crippen LogP) is 3.38. The van der Waals surface area contributed by atoms with E-state index < -0.39 is 0 Å². The van der Waals surface area contributed by atoms with Gasteiger partial charge in [-0.15, -0.1) is 0 Å². The van der Waals surface area contributed by atoms with Gasteiger partial charge < -0.3 is 10.2 Å². The normalized spacial score (nSPS) is 15.7. The van der Waals surface area contributed by atoms with Gasteiger partial charge in [-0.25, -0.2) is 9.97 Å². The highest BCUT2D eigenvalue weighted by Crippen LogP contribution is 2.27. The first-order valence-corrected chi connectivity index (χ1v) is 7.60. The topological polar surface area (TPSA) is 41.0 Å². The molecule has 1 heterocycles. The molecule has 0 spiro atoms. The fourth-order valence-electron chi connectivity index (χ4n) is 2.87. The van der Waals surface area contributed by atoms with E-state index >= 15 is 0 Å². The molecule has 106 valence electrons. The lowest BCUT2D eigenvalue weighted by atomic mass is 10.2. The van der Waals surface area contributed by atoms with E-state index in [9.17, 15) is 0 Å². The van der Waals surface area contributed by atoms with E-state index in [2.05, 4.69) is 40.1 Å². The van der Waals surface area contributed by atoms with Crippen molar-refractivity contribution >= 4 is 11.6 Å². The summed E-state index contributed by atoms with van der Waals surface area (Å²) in [5.41, 5.74) is 0. The second-order valence-corrected chi connectivity index (χ2v) is 5.31. The summed E-state index contributed by atoms with van der Waals surface area (Å²) in [4.78, 5) is 11.5. The number of hydrogen-bond acceptors (Lipinski definition) is 4. The number of hydrogen-bond donors (Lipinski definition) is 1. The van der Waals surface area contributed by atoms with Crippen LogP contribution >= 0.6 is 0 Å². The highest BCUT2D eigenvalue weighted by atomic mass is 15.2. The summed E-state index contributed by atoms with van der Waals surface area (Å²) < 4.78 is 0. The molecule has 19 heavy (non-hydrogen) atoms. The molecule has 2 rings (SSSR count). The molecule has 1 saturated carbocycles. The van der Waals surface area contributed by atoms with Crippen LogP contribution < -0.4 is 10.2 Å². The zero-order chi connectivity index (χ0) is 13.7. The lowest BCUT2D eigenvalue weighted by molar-refractivity contribution is 0.611. The van der Waals surface area contributed by atoms with Gasteiger partial charge in [0.05, 0.1) is 0 Å². The van der Waals surface area contributed by atoms with Crippen molar-refractivity contribution in [1.29, 1.82) is 0 Å². The van der Waals surface area contributed by atoms with Gasteiger partial charge in [-0.05, 0) is 33.1 Å². The molecule has 0 bridgehead atoms. The quantitative estimate of drug-likeness (QED) is 0.853. The Morgan fingerprint density at radius 3 is 2.63 bits per heavy atom. The van der Waals surface area contributed by atoms with Crippen LogP contribution in [0.2, 0.25) is 0 Å². The van der Waals surface area contributed by atoms with Gasteiger partial charge in [0, 0.05) is 25.2 Å². The zero-order valence-corrected chi connectivity index (χ0v) is 12.4. The summed E-state index contributed by atoms with van der Waals surface area (Å²) in [6, 6.07) is 2.77. The molecule has 0 atom stereocenters. The van der Waals surface area contributed by atoms with E-state index in [4.69, 9.17) is 0 Å². The minimum Gasteiger partial charge on any atom is -0.370 e. The van der Waals surface area contributed by atoms with Crippen LogP contribution in [0.4, 0.5) is 11.6 Å². The van der Waals surface area contributed by atoms with Crippen molar-refractivity contribution in [2.45, 2.75) is 58.9 Å². The van der Waals surface area contributed by atoms with Crippen LogP contribution in [0.1, 0.15) is 51.8 Å². The van der Waals surface area contributed by atoms with E-state index in [1.165, 1.54) is 25.7 Å². The first-order chi connectivity index (χ1) is 9.24. The molecule has 1 aliphatic rings. The Morgan fingerprint density at radius 1 is 1.26 bits per heavy atom. The van der Waals surface area contributed by atoms with Gasteiger partial charge in [0.25, 0.3) is 0 Å². The molecule has 0 amide bonds. The van der Waals surface area contributed by atoms with Crippen LogP contribution in [0.3, 0.4) is 0 Å². The molecular formula is C15H26N4. The summed E-state index contributed by atoms with van der Waals surface area (Å²) in [5, 5.41) is 3.37. The fraction of sp³-hybridized carbons (Fsp3) is 0.733. The van der Waals surface area contributed by atoms with Crippen LogP contribution in [-0.2, 0) is 0 Å². The van der Waals surface area contributed by atoms with Crippen LogP contribution in [0.5, 0.6) is 0 Å². The average molecular weight is 262 g/mol. The Bertz CT molecular complexity index is 399. The highest BCUT2D eigenvalue weighted by molar-refractivity contribution is 5.50. The Labute approximate surface area is 116 Å². The number of nitrogens with one attached hydrogen (secondary N) is 1. The van der Waals surface area contributed by atoms with Gasteiger partial charge >= 0.3 is 0 Å². The lowest BCUT2D eigenvalue weighted by Gasteiger charge is -2.29. The lowest BCUT2D eigenvalue weighted by Crippen LogP contribution is -2.34. The summed E-state index contributed by atoms with van der Waals surface area (Å²) in [6.45, 7) is 8.34. The molecule has 0 saturated heterocycles. The second-order valence-electron chi connectivity index (χ2n) is 5.31. The molecule has 1 N–H and O–H groups in total. The minimum absolute atomic E-state index is 0.665. The van der Waals surface area contributed by atoms with Crippen molar-refractivity contribution in [1.82, 2.24) is 9.97 Å². The highest BCUT2D eigenvalue weighted by Gasteiger charge is 2.23. The van der Waals surface area contributed by atoms with Gasteiger partial charge in [-0.1, -0.05) is 19.8 Å². The maximum absolute atomic E-state index is 4.63. The van der Waals surface area contributed by atoms with Gasteiger partial charge in [0.15, 0.2) is 0 Å². The zero-order valence-electron chi connectivity index (χ0n) is 12.4. The molecule has 4 heteroatoms. The van der Waals surface area contributed by atoms with E-state index in [1.807, 2.05) is 6.92 Å². The van der Waals surface area contributed by atoms with Crippen molar-refractivity contribution in [3.8, 4) is 0 Å². The summed E-state index contributed by atoms with van der Waals surface area (Å²) in [6.07, 6.45) is 6.42. The standard InChI is InChI=1S/C15H26N4/c1-4-10-16-14-11-15(18-12(3)17-14)19(5-2)13-8-6-7-9-13/h11,13H,4-10H2,1-3H3,(H,16,17,18). The number of rotatable bonds is 6. The predicted molar refractivity (Wildman–Crippen MR) is 80.8 cm³/mol. The molecule has 1 aromatic heterocycles. The number of anilines is 2. The Morgan fingerprint density at radius 2 is 2.00 bits per heavy atom. The largest absolute Gasteiger partial charge is 0.370 e. The molecule has 4 nitrogen and oxygen atoms in total. The molecule has 0 aliphatic heterocycles. The first-order valence-electron chi connectivity index (χ1n) is 7.60. The number of aromatic nitrogens is 2. The maximum atomic E-state index is 4.63. The molecule has 0 radical (unpaired) electrons. The Kier molecular flexibility index (Phi) is 5.00. The molecule has 0 aromatic carbocycles. The maximum Gasteiger partial charge on any atom is 0.134 e. The fourth-order valence-corrected chi connectivity index (χ4v) is 2.87. The monoisotopic (exact) mass is 262 g/mol. The third-order valence-electron chi connectivity index (χ3n) is 3.78. The van der Waals surface area contributed by atoms with Crippen LogP contribution in [0.15, 0.2) is 6.07 Å². The second kappa shape index (κ2) is 6.73. The Hall–Kier alpha value is -1.32. The smallest absolute Gasteiger partial charge is 0.134 e. The summed E-state index contributed by atoms with van der Waals surface area (Å²) in [7, 11) is 0. The van der Waals surface area contributed by atoms with Gasteiger partial charge in [0.1, 0.15) is 17.5 Å². The molecule has 0 unspecified atom stereocenters. The molecule has 1 aromatic rings. The van der Waals surface area contributed by atoms with Crippen LogP contribution in [0, 0.1) is 6.92 Å². The van der Waals surface area contributed by atoms with Crippen molar-refractivity contribution in [3.05, 3.63) is 11.9 Å². The Balaban J connectivity index is 2.18. The van der Waals surface area contributed by atoms with E-state index in [1.54, 1.807) is 0 Å². The van der Waals surface area contributed by atoms with Gasteiger partial charge in [0.2, 0.25) is 0 Å². The number of aryl methyl sites for hydroxylation is 1. The number of nitrogens with zero attached hydrogens (tertiary/aromatic N) is 3. The summed E-state index contributed by atoms with van der Waals surface area (Å²) in [5.74, 6) is 2.90. The average Bonchev–Trinajstić information content (AvgIpc) is 2.90.